The van der Waals surface area contributed by atoms with Crippen molar-refractivity contribution in [2.75, 3.05) is 36.6 Å². The van der Waals surface area contributed by atoms with Gasteiger partial charge in [-0.25, -0.2) is 0 Å². The Labute approximate surface area is 208 Å². The molecule has 2 aliphatic heterocycles. The summed E-state index contributed by atoms with van der Waals surface area (Å²) in [5.41, 5.74) is 5.03. The summed E-state index contributed by atoms with van der Waals surface area (Å²) in [5, 5.41) is 12.7. The Morgan fingerprint density at radius 1 is 1.25 bits per heavy atom. The predicted octanol–water partition coefficient (Wildman–Crippen LogP) is 4.19. The van der Waals surface area contributed by atoms with Gasteiger partial charge in [0.05, 0.1) is 30.6 Å². The van der Waals surface area contributed by atoms with E-state index in [0.29, 0.717) is 25.3 Å². The quantitative estimate of drug-likeness (QED) is 0.553. The SMILES string of the molecule is Cc1ccc(NC(=O)c2ccnc(C(C)(F)F)c2)cc1-c1cnc2c(c1)N1CCOC[C@@H]1[C@@H](CO)C2. The number of aliphatic hydroxyl groups excluding tert-OH is 1. The number of ether oxygens (including phenoxy) is 1. The normalized spacial score (nSPS) is 19.4. The Kier molecular flexibility index (Phi) is 6.44. The molecule has 1 amide bonds. The van der Waals surface area contributed by atoms with Gasteiger partial charge in [0.1, 0.15) is 5.69 Å². The number of aliphatic hydroxyl groups is 1. The molecule has 0 radical (unpaired) electrons. The highest BCUT2D eigenvalue weighted by Gasteiger charge is 2.37. The molecule has 2 aromatic heterocycles. The zero-order chi connectivity index (χ0) is 25.4. The van der Waals surface area contributed by atoms with Crippen molar-refractivity contribution in [3.63, 3.8) is 0 Å². The van der Waals surface area contributed by atoms with Gasteiger partial charge in [0, 0.05) is 55.2 Å². The lowest BCUT2D eigenvalue weighted by atomic mass is 9.87. The van der Waals surface area contributed by atoms with Crippen LogP contribution in [0.1, 0.15) is 34.2 Å². The zero-order valence-electron chi connectivity index (χ0n) is 20.2. The lowest BCUT2D eigenvalue weighted by Crippen LogP contribution is -2.54. The van der Waals surface area contributed by atoms with Gasteiger partial charge in [0.25, 0.3) is 11.8 Å². The minimum absolute atomic E-state index is 0.0813. The van der Waals surface area contributed by atoms with Crippen LogP contribution in [0.4, 0.5) is 20.2 Å². The topological polar surface area (TPSA) is 87.6 Å². The monoisotopic (exact) mass is 494 g/mol. The molecule has 0 unspecified atom stereocenters. The maximum absolute atomic E-state index is 13.7. The number of alkyl halides is 2. The number of rotatable bonds is 5. The molecule has 36 heavy (non-hydrogen) atoms. The number of aryl methyl sites for hydroxylation is 1. The fourth-order valence-electron chi connectivity index (χ4n) is 4.94. The minimum atomic E-state index is -3.14. The Balaban J connectivity index is 1.43. The number of carbonyl (C=O) groups excluding carboxylic acids is 1. The maximum Gasteiger partial charge on any atom is 0.286 e. The molecule has 1 aromatic carbocycles. The molecule has 1 saturated heterocycles. The fraction of sp³-hybridized carbons (Fsp3) is 0.370. The molecular weight excluding hydrogens is 466 g/mol. The van der Waals surface area contributed by atoms with E-state index >= 15 is 0 Å². The Morgan fingerprint density at radius 3 is 2.86 bits per heavy atom. The van der Waals surface area contributed by atoms with Crippen LogP contribution in [-0.2, 0) is 17.1 Å². The van der Waals surface area contributed by atoms with Crippen LogP contribution in [0, 0.1) is 12.8 Å². The smallest absolute Gasteiger partial charge is 0.286 e. The van der Waals surface area contributed by atoms with Gasteiger partial charge in [-0.05, 0) is 54.8 Å². The van der Waals surface area contributed by atoms with Crippen molar-refractivity contribution in [3.8, 4) is 11.1 Å². The van der Waals surface area contributed by atoms with Crippen molar-refractivity contribution < 1.29 is 23.4 Å². The summed E-state index contributed by atoms with van der Waals surface area (Å²) in [5.74, 6) is -3.55. The highest BCUT2D eigenvalue weighted by molar-refractivity contribution is 6.04. The van der Waals surface area contributed by atoms with Crippen molar-refractivity contribution in [2.24, 2.45) is 5.92 Å². The van der Waals surface area contributed by atoms with Gasteiger partial charge in [-0.3, -0.25) is 14.8 Å². The highest BCUT2D eigenvalue weighted by Crippen LogP contribution is 2.37. The van der Waals surface area contributed by atoms with Crippen molar-refractivity contribution in [1.82, 2.24) is 9.97 Å². The van der Waals surface area contributed by atoms with Crippen LogP contribution in [0.25, 0.3) is 11.1 Å². The number of halogens is 2. The molecule has 1 fully saturated rings. The van der Waals surface area contributed by atoms with Gasteiger partial charge >= 0.3 is 0 Å². The third kappa shape index (κ3) is 4.68. The molecule has 0 aliphatic carbocycles. The number of anilines is 2. The van der Waals surface area contributed by atoms with Crippen molar-refractivity contribution in [2.45, 2.75) is 32.2 Å². The first kappa shape index (κ1) is 24.3. The largest absolute Gasteiger partial charge is 0.396 e. The van der Waals surface area contributed by atoms with E-state index in [0.717, 1.165) is 47.6 Å². The van der Waals surface area contributed by atoms with Crippen LogP contribution in [0.3, 0.4) is 0 Å². The van der Waals surface area contributed by atoms with Gasteiger partial charge in [-0.15, -0.1) is 0 Å². The number of nitrogens with one attached hydrogen (secondary N) is 1. The summed E-state index contributed by atoms with van der Waals surface area (Å²) in [6.07, 6.45) is 3.72. The van der Waals surface area contributed by atoms with E-state index in [1.807, 2.05) is 25.3 Å². The minimum Gasteiger partial charge on any atom is -0.396 e. The van der Waals surface area contributed by atoms with Crippen LogP contribution in [0.15, 0.2) is 48.8 Å². The highest BCUT2D eigenvalue weighted by atomic mass is 19.3. The molecule has 2 N–H and O–H groups in total. The number of hydrogen-bond acceptors (Lipinski definition) is 6. The number of aromatic nitrogens is 2. The molecule has 3 aromatic rings. The summed E-state index contributed by atoms with van der Waals surface area (Å²) in [4.78, 5) is 23.5. The van der Waals surface area contributed by atoms with E-state index in [1.54, 1.807) is 6.07 Å². The second-order valence-electron chi connectivity index (χ2n) is 9.47. The van der Waals surface area contributed by atoms with Crippen LogP contribution in [-0.4, -0.2) is 53.4 Å². The average Bonchev–Trinajstić information content (AvgIpc) is 2.88. The Morgan fingerprint density at radius 2 is 2.08 bits per heavy atom. The average molecular weight is 495 g/mol. The number of carbonyl (C=O) groups is 1. The zero-order valence-corrected chi connectivity index (χ0v) is 20.2. The lowest BCUT2D eigenvalue weighted by Gasteiger charge is -2.45. The molecule has 188 valence electrons. The molecule has 5 rings (SSSR count). The number of pyridine rings is 2. The summed E-state index contributed by atoms with van der Waals surface area (Å²) in [7, 11) is 0. The molecule has 2 aliphatic rings. The summed E-state index contributed by atoms with van der Waals surface area (Å²) in [6, 6.07) is 10.3. The molecule has 2 atom stereocenters. The summed E-state index contributed by atoms with van der Waals surface area (Å²) in [6.45, 7) is 4.76. The first-order chi connectivity index (χ1) is 17.2. The van der Waals surface area contributed by atoms with Gasteiger partial charge < -0.3 is 20.1 Å². The van der Waals surface area contributed by atoms with Gasteiger partial charge in [-0.2, -0.15) is 8.78 Å². The molecule has 4 heterocycles. The Hall–Kier alpha value is -3.43. The van der Waals surface area contributed by atoms with Crippen LogP contribution < -0.4 is 10.2 Å². The maximum atomic E-state index is 13.7. The molecule has 7 nitrogen and oxygen atoms in total. The molecule has 0 spiro atoms. The van der Waals surface area contributed by atoms with Crippen LogP contribution in [0.2, 0.25) is 0 Å². The van der Waals surface area contributed by atoms with E-state index in [-0.39, 0.29) is 24.1 Å². The summed E-state index contributed by atoms with van der Waals surface area (Å²) < 4.78 is 33.0. The number of amides is 1. The summed E-state index contributed by atoms with van der Waals surface area (Å²) >= 11 is 0. The second kappa shape index (κ2) is 9.55. The first-order valence-electron chi connectivity index (χ1n) is 12.0. The third-order valence-corrected chi connectivity index (χ3v) is 6.93. The van der Waals surface area contributed by atoms with E-state index in [9.17, 15) is 18.7 Å². The molecule has 0 bridgehead atoms. The first-order valence-corrected chi connectivity index (χ1v) is 12.0. The number of benzene rings is 1. The number of hydrogen-bond donors (Lipinski definition) is 2. The number of nitrogens with zero attached hydrogens (tertiary/aromatic N) is 3. The fourth-order valence-corrected chi connectivity index (χ4v) is 4.94. The molecule has 9 heteroatoms. The van der Waals surface area contributed by atoms with Gasteiger partial charge in [-0.1, -0.05) is 6.07 Å². The lowest BCUT2D eigenvalue weighted by molar-refractivity contribution is 0.0127. The van der Waals surface area contributed by atoms with Crippen molar-refractivity contribution in [3.05, 3.63) is 71.3 Å². The standard InChI is InChI=1S/C27H28F2N4O3/c1-16-3-4-20(32-26(35)17-5-6-30-25(11-17)27(2,28)29)12-21(16)18-10-23-22(31-13-18)9-19(14-34)24-15-36-8-7-33(23)24/h3-6,10-13,19,24,34H,7-9,14-15H2,1-2H3,(H,32,35)/t19-,24-/m1/s1. The number of morpholine rings is 1. The van der Waals surface area contributed by atoms with Gasteiger partial charge in [0.15, 0.2) is 0 Å². The molecular formula is C27H28F2N4O3. The molecule has 0 saturated carbocycles. The van der Waals surface area contributed by atoms with Gasteiger partial charge in [0.2, 0.25) is 0 Å². The second-order valence-corrected chi connectivity index (χ2v) is 9.47. The third-order valence-electron chi connectivity index (χ3n) is 6.93. The van der Waals surface area contributed by atoms with E-state index < -0.39 is 17.5 Å². The predicted molar refractivity (Wildman–Crippen MR) is 132 cm³/mol. The Bertz CT molecular complexity index is 1290. The van der Waals surface area contributed by atoms with Crippen molar-refractivity contribution in [1.29, 1.82) is 0 Å². The van der Waals surface area contributed by atoms with E-state index in [2.05, 4.69) is 21.3 Å². The number of fused-ring (bicyclic) bond motifs is 3. The van der Waals surface area contributed by atoms with E-state index in [4.69, 9.17) is 9.72 Å². The van der Waals surface area contributed by atoms with Crippen LogP contribution in [0.5, 0.6) is 0 Å². The van der Waals surface area contributed by atoms with Crippen molar-refractivity contribution >= 4 is 17.3 Å². The van der Waals surface area contributed by atoms with E-state index in [1.165, 1.54) is 12.3 Å². The van der Waals surface area contributed by atoms with Crippen LogP contribution >= 0.6 is 0 Å².